The molecule has 4 nitrogen and oxygen atoms in total. The van der Waals surface area contributed by atoms with Gasteiger partial charge in [0.05, 0.1) is 6.04 Å². The molecule has 0 saturated carbocycles. The smallest absolute Gasteiger partial charge is 0.220 e. The van der Waals surface area contributed by atoms with E-state index < -0.39 is 0 Å². The van der Waals surface area contributed by atoms with E-state index in [1.54, 1.807) is 0 Å². The van der Waals surface area contributed by atoms with Gasteiger partial charge < -0.3 is 16.4 Å². The monoisotopic (exact) mass is 285 g/mol. The van der Waals surface area contributed by atoms with Gasteiger partial charge in [-0.25, -0.2) is 0 Å². The van der Waals surface area contributed by atoms with Crippen LogP contribution < -0.4 is 16.4 Å². The number of amides is 1. The van der Waals surface area contributed by atoms with Crippen LogP contribution in [0.1, 0.15) is 24.4 Å². The van der Waals surface area contributed by atoms with Crippen LogP contribution >= 0.6 is 0 Å². The Kier molecular flexibility index (Phi) is 5.72. The fourth-order valence-corrected chi connectivity index (χ4v) is 2.40. The van der Waals surface area contributed by atoms with E-state index in [9.17, 15) is 4.79 Å². The normalized spacial score (nSPS) is 12.3. The SMILES string of the molecule is CNCCCC(=O)NC(CN)c1ccc2ccccc2c1. The number of nitrogens with one attached hydrogen (secondary N) is 2. The van der Waals surface area contributed by atoms with E-state index in [-0.39, 0.29) is 11.9 Å². The summed E-state index contributed by atoms with van der Waals surface area (Å²) in [6, 6.07) is 14.3. The summed E-state index contributed by atoms with van der Waals surface area (Å²) in [5.41, 5.74) is 6.88. The van der Waals surface area contributed by atoms with Crippen LogP contribution in [0, 0.1) is 0 Å². The van der Waals surface area contributed by atoms with Crippen molar-refractivity contribution in [3.63, 3.8) is 0 Å². The van der Waals surface area contributed by atoms with E-state index in [1.807, 2.05) is 25.2 Å². The fraction of sp³-hybridized carbons (Fsp3) is 0.353. The third-order valence-electron chi connectivity index (χ3n) is 3.58. The maximum atomic E-state index is 11.9. The molecule has 1 unspecified atom stereocenters. The van der Waals surface area contributed by atoms with Crippen LogP contribution in [0.5, 0.6) is 0 Å². The molecular formula is C17H23N3O. The predicted octanol–water partition coefficient (Wildman–Crippen LogP) is 1.96. The second-order valence-corrected chi connectivity index (χ2v) is 5.17. The van der Waals surface area contributed by atoms with Crippen molar-refractivity contribution in [1.82, 2.24) is 10.6 Å². The molecule has 112 valence electrons. The molecular weight excluding hydrogens is 262 g/mol. The van der Waals surface area contributed by atoms with Gasteiger partial charge in [-0.05, 0) is 42.4 Å². The van der Waals surface area contributed by atoms with Crippen LogP contribution in [-0.2, 0) is 4.79 Å². The fourth-order valence-electron chi connectivity index (χ4n) is 2.40. The number of nitrogens with two attached hydrogens (primary N) is 1. The number of carbonyl (C=O) groups excluding carboxylic acids is 1. The number of rotatable bonds is 7. The summed E-state index contributed by atoms with van der Waals surface area (Å²) in [7, 11) is 1.88. The number of hydrogen-bond acceptors (Lipinski definition) is 3. The molecule has 1 amide bonds. The minimum Gasteiger partial charge on any atom is -0.348 e. The Morgan fingerprint density at radius 2 is 1.95 bits per heavy atom. The number of fused-ring (bicyclic) bond motifs is 1. The highest BCUT2D eigenvalue weighted by Crippen LogP contribution is 2.20. The lowest BCUT2D eigenvalue weighted by Gasteiger charge is -2.18. The molecule has 4 N–H and O–H groups in total. The minimum absolute atomic E-state index is 0.0499. The summed E-state index contributed by atoms with van der Waals surface area (Å²) < 4.78 is 0. The molecule has 0 radical (unpaired) electrons. The van der Waals surface area contributed by atoms with E-state index in [4.69, 9.17) is 5.73 Å². The Bertz CT molecular complexity index is 597. The van der Waals surface area contributed by atoms with Crippen LogP contribution in [0.15, 0.2) is 42.5 Å². The van der Waals surface area contributed by atoms with Crippen LogP contribution in [0.4, 0.5) is 0 Å². The van der Waals surface area contributed by atoms with E-state index in [0.29, 0.717) is 13.0 Å². The van der Waals surface area contributed by atoms with Crippen molar-refractivity contribution in [1.29, 1.82) is 0 Å². The van der Waals surface area contributed by atoms with Crippen LogP contribution in [0.3, 0.4) is 0 Å². The predicted molar refractivity (Wildman–Crippen MR) is 87.0 cm³/mol. The highest BCUT2D eigenvalue weighted by atomic mass is 16.1. The van der Waals surface area contributed by atoms with Crippen molar-refractivity contribution in [3.8, 4) is 0 Å². The Hall–Kier alpha value is -1.91. The molecule has 0 bridgehead atoms. The van der Waals surface area contributed by atoms with Gasteiger partial charge in [0, 0.05) is 13.0 Å². The highest BCUT2D eigenvalue weighted by molar-refractivity contribution is 5.83. The lowest BCUT2D eigenvalue weighted by molar-refractivity contribution is -0.121. The zero-order chi connectivity index (χ0) is 15.1. The van der Waals surface area contributed by atoms with E-state index in [1.165, 1.54) is 5.39 Å². The van der Waals surface area contributed by atoms with Gasteiger partial charge in [-0.15, -0.1) is 0 Å². The van der Waals surface area contributed by atoms with Crippen molar-refractivity contribution in [3.05, 3.63) is 48.0 Å². The van der Waals surface area contributed by atoms with Gasteiger partial charge in [0.2, 0.25) is 5.91 Å². The van der Waals surface area contributed by atoms with Gasteiger partial charge in [0.1, 0.15) is 0 Å². The molecule has 0 saturated heterocycles. The first-order valence-electron chi connectivity index (χ1n) is 7.37. The minimum atomic E-state index is -0.128. The number of carbonyl (C=O) groups is 1. The van der Waals surface area contributed by atoms with Gasteiger partial charge >= 0.3 is 0 Å². The molecule has 0 aliphatic heterocycles. The van der Waals surface area contributed by atoms with Gasteiger partial charge in [0.15, 0.2) is 0 Å². The Morgan fingerprint density at radius 3 is 2.67 bits per heavy atom. The molecule has 0 aliphatic rings. The van der Waals surface area contributed by atoms with Crippen molar-refractivity contribution in [2.24, 2.45) is 5.73 Å². The maximum absolute atomic E-state index is 11.9. The lowest BCUT2D eigenvalue weighted by atomic mass is 10.0. The maximum Gasteiger partial charge on any atom is 0.220 e. The molecule has 1 atom stereocenters. The van der Waals surface area contributed by atoms with Crippen LogP contribution in [0.25, 0.3) is 10.8 Å². The Labute approximate surface area is 125 Å². The second-order valence-electron chi connectivity index (χ2n) is 5.17. The van der Waals surface area contributed by atoms with Gasteiger partial charge in [-0.2, -0.15) is 0 Å². The van der Waals surface area contributed by atoms with Gasteiger partial charge in [-0.1, -0.05) is 36.4 Å². The summed E-state index contributed by atoms with van der Waals surface area (Å²) >= 11 is 0. The first-order valence-corrected chi connectivity index (χ1v) is 7.37. The zero-order valence-electron chi connectivity index (χ0n) is 12.4. The average Bonchev–Trinajstić information content (AvgIpc) is 2.52. The van der Waals surface area contributed by atoms with Crippen LogP contribution in [0.2, 0.25) is 0 Å². The van der Waals surface area contributed by atoms with Crippen molar-refractivity contribution < 1.29 is 4.79 Å². The molecule has 4 heteroatoms. The standard InChI is InChI=1S/C17H23N3O/c1-19-10-4-7-17(21)20-16(12-18)15-9-8-13-5-2-3-6-14(13)11-15/h2-3,5-6,8-9,11,16,19H,4,7,10,12,18H2,1H3,(H,20,21). The summed E-state index contributed by atoms with van der Waals surface area (Å²) in [5.74, 6) is 0.0499. The zero-order valence-corrected chi connectivity index (χ0v) is 12.4. The molecule has 0 aliphatic carbocycles. The summed E-state index contributed by atoms with van der Waals surface area (Å²) in [6.07, 6.45) is 1.35. The largest absolute Gasteiger partial charge is 0.348 e. The molecule has 0 fully saturated rings. The second kappa shape index (κ2) is 7.76. The molecule has 0 aromatic heterocycles. The van der Waals surface area contributed by atoms with Gasteiger partial charge in [0.25, 0.3) is 0 Å². The number of benzene rings is 2. The molecule has 2 aromatic carbocycles. The lowest BCUT2D eigenvalue weighted by Crippen LogP contribution is -2.33. The first-order chi connectivity index (χ1) is 10.2. The van der Waals surface area contributed by atoms with Crippen molar-refractivity contribution >= 4 is 16.7 Å². The molecule has 0 spiro atoms. The van der Waals surface area contributed by atoms with Crippen LogP contribution in [-0.4, -0.2) is 26.0 Å². The summed E-state index contributed by atoms with van der Waals surface area (Å²) in [5, 5.41) is 8.41. The number of hydrogen-bond donors (Lipinski definition) is 3. The quantitative estimate of drug-likeness (QED) is 0.681. The topological polar surface area (TPSA) is 67.2 Å². The average molecular weight is 285 g/mol. The van der Waals surface area contributed by atoms with E-state index >= 15 is 0 Å². The Morgan fingerprint density at radius 1 is 1.19 bits per heavy atom. The van der Waals surface area contributed by atoms with E-state index in [2.05, 4.69) is 34.9 Å². The van der Waals surface area contributed by atoms with Crippen molar-refractivity contribution in [2.75, 3.05) is 20.1 Å². The molecule has 0 heterocycles. The summed E-state index contributed by atoms with van der Waals surface area (Å²) in [6.45, 7) is 1.24. The highest BCUT2D eigenvalue weighted by Gasteiger charge is 2.13. The third-order valence-corrected chi connectivity index (χ3v) is 3.58. The summed E-state index contributed by atoms with van der Waals surface area (Å²) in [4.78, 5) is 11.9. The van der Waals surface area contributed by atoms with Gasteiger partial charge in [-0.3, -0.25) is 4.79 Å². The molecule has 21 heavy (non-hydrogen) atoms. The molecule has 2 rings (SSSR count). The first kappa shape index (κ1) is 15.5. The Balaban J connectivity index is 2.06. The molecule has 2 aromatic rings. The van der Waals surface area contributed by atoms with Crippen molar-refractivity contribution in [2.45, 2.75) is 18.9 Å². The van der Waals surface area contributed by atoms with E-state index in [0.717, 1.165) is 23.9 Å². The third kappa shape index (κ3) is 4.28.